The first-order valence-corrected chi connectivity index (χ1v) is 9.51. The summed E-state index contributed by atoms with van der Waals surface area (Å²) in [7, 11) is 1.31. The Balaban J connectivity index is 2.39. The van der Waals surface area contributed by atoms with E-state index in [9.17, 15) is 13.2 Å². The molecule has 1 N–H and O–H groups in total. The Morgan fingerprint density at radius 2 is 1.95 bits per heavy atom. The fourth-order valence-electron chi connectivity index (χ4n) is 2.35. The number of carbonyl (C=O) groups is 1. The third-order valence-electron chi connectivity index (χ3n) is 3.89. The third-order valence-corrected chi connectivity index (χ3v) is 6.03. The smallest absolute Gasteiger partial charge is 0.261 e. The van der Waals surface area contributed by atoms with Gasteiger partial charge in [-0.05, 0) is 37.8 Å². The monoisotopic (exact) mass is 369 g/mol. The maximum Gasteiger partial charge on any atom is 0.261 e. The van der Waals surface area contributed by atoms with Gasteiger partial charge in [-0.1, -0.05) is 30.1 Å². The van der Waals surface area contributed by atoms with Crippen LogP contribution in [-0.2, 0) is 9.05 Å². The average Bonchev–Trinajstić information content (AvgIpc) is 2.35. The normalized spacial score (nSPS) is 17.1. The highest BCUT2D eigenvalue weighted by Gasteiger charge is 2.37. The molecule has 1 aliphatic rings. The number of hydrogen-bond acceptors (Lipinski definition) is 3. The molecule has 0 aliphatic heterocycles. The Morgan fingerprint density at radius 3 is 2.38 bits per heavy atom. The molecular weight excluding hydrogens is 357 g/mol. The van der Waals surface area contributed by atoms with E-state index in [0.29, 0.717) is 0 Å². The summed E-state index contributed by atoms with van der Waals surface area (Å²) >= 11 is 11.9. The van der Waals surface area contributed by atoms with Gasteiger partial charge < -0.3 is 5.32 Å². The number of hydrogen-bond donors (Lipinski definition) is 1. The molecule has 1 aromatic rings. The maximum absolute atomic E-state index is 12.4. The largest absolute Gasteiger partial charge is 0.347 e. The molecule has 0 radical (unpaired) electrons. The van der Waals surface area contributed by atoms with Crippen molar-refractivity contribution in [2.45, 2.75) is 43.0 Å². The van der Waals surface area contributed by atoms with Gasteiger partial charge in [-0.15, -0.1) is 0 Å². The number of benzene rings is 1. The Labute approximate surface area is 138 Å². The van der Waals surface area contributed by atoms with E-state index in [1.807, 2.05) is 6.92 Å². The van der Waals surface area contributed by atoms with Crippen LogP contribution in [0.15, 0.2) is 17.0 Å². The molecule has 0 aromatic heterocycles. The van der Waals surface area contributed by atoms with Crippen LogP contribution >= 0.6 is 33.9 Å². The molecule has 0 spiro atoms. The van der Waals surface area contributed by atoms with Crippen molar-refractivity contribution >= 4 is 48.8 Å². The number of nitrogens with one attached hydrogen (secondary N) is 1. The Bertz CT molecular complexity index is 679. The molecule has 0 saturated heterocycles. The maximum atomic E-state index is 12.4. The number of carbonyl (C=O) groups excluding carboxylic acids is 1. The SMILES string of the molecule is CCC1(NC(=O)c2cc(S(=O)(=O)Cl)cc(Cl)c2Cl)CCC1. The fourth-order valence-corrected chi connectivity index (χ4v) is 3.61. The van der Waals surface area contributed by atoms with E-state index in [1.54, 1.807) is 0 Å². The van der Waals surface area contributed by atoms with E-state index < -0.39 is 15.0 Å². The summed E-state index contributed by atoms with van der Waals surface area (Å²) in [5, 5.41) is 2.91. The van der Waals surface area contributed by atoms with Crippen LogP contribution in [0.25, 0.3) is 0 Å². The minimum Gasteiger partial charge on any atom is -0.347 e. The summed E-state index contributed by atoms with van der Waals surface area (Å²) in [4.78, 5) is 12.1. The molecule has 0 heterocycles. The summed E-state index contributed by atoms with van der Waals surface area (Å²) < 4.78 is 22.8. The summed E-state index contributed by atoms with van der Waals surface area (Å²) in [5.74, 6) is -0.439. The predicted octanol–water partition coefficient (Wildman–Crippen LogP) is 3.98. The van der Waals surface area contributed by atoms with Crippen molar-refractivity contribution in [1.29, 1.82) is 0 Å². The van der Waals surface area contributed by atoms with Crippen molar-refractivity contribution in [2.24, 2.45) is 0 Å². The van der Waals surface area contributed by atoms with Crippen LogP contribution in [0.1, 0.15) is 43.0 Å². The number of amides is 1. The van der Waals surface area contributed by atoms with E-state index in [1.165, 1.54) is 0 Å². The fraction of sp³-hybridized carbons (Fsp3) is 0.462. The van der Waals surface area contributed by atoms with E-state index in [4.69, 9.17) is 33.9 Å². The van der Waals surface area contributed by atoms with Gasteiger partial charge in [0, 0.05) is 16.2 Å². The Kier molecular flexibility index (Phi) is 4.78. The molecule has 8 heteroatoms. The van der Waals surface area contributed by atoms with Crippen molar-refractivity contribution in [3.63, 3.8) is 0 Å². The van der Waals surface area contributed by atoms with Crippen molar-refractivity contribution in [3.05, 3.63) is 27.7 Å². The first-order chi connectivity index (χ1) is 9.68. The van der Waals surface area contributed by atoms with Gasteiger partial charge >= 0.3 is 0 Å². The molecule has 2 rings (SSSR count). The van der Waals surface area contributed by atoms with Crippen LogP contribution in [0, 0.1) is 0 Å². The minimum absolute atomic E-state index is 0.0168. The lowest BCUT2D eigenvalue weighted by molar-refractivity contribution is 0.0820. The molecule has 1 amide bonds. The quantitative estimate of drug-likeness (QED) is 0.815. The highest BCUT2D eigenvalue weighted by molar-refractivity contribution is 8.13. The molecule has 0 unspecified atom stereocenters. The molecular formula is C13H14Cl3NO3S. The summed E-state index contributed by atoms with van der Waals surface area (Å²) in [6.45, 7) is 1.99. The summed E-state index contributed by atoms with van der Waals surface area (Å²) in [6.07, 6.45) is 3.65. The Hall–Kier alpha value is -0.490. The van der Waals surface area contributed by atoms with Gasteiger partial charge in [-0.2, -0.15) is 0 Å². The van der Waals surface area contributed by atoms with Gasteiger partial charge in [0.25, 0.3) is 15.0 Å². The average molecular weight is 371 g/mol. The van der Waals surface area contributed by atoms with Gasteiger partial charge in [-0.25, -0.2) is 8.42 Å². The first-order valence-electron chi connectivity index (χ1n) is 6.45. The van der Waals surface area contributed by atoms with Crippen molar-refractivity contribution < 1.29 is 13.2 Å². The molecule has 21 heavy (non-hydrogen) atoms. The second-order valence-corrected chi connectivity index (χ2v) is 8.50. The van der Waals surface area contributed by atoms with Gasteiger partial charge in [0.1, 0.15) is 0 Å². The molecule has 1 fully saturated rings. The van der Waals surface area contributed by atoms with Crippen LogP contribution in [-0.4, -0.2) is 19.9 Å². The van der Waals surface area contributed by atoms with Crippen LogP contribution < -0.4 is 5.32 Å². The predicted molar refractivity (Wildman–Crippen MR) is 83.8 cm³/mol. The van der Waals surface area contributed by atoms with E-state index in [0.717, 1.165) is 37.8 Å². The highest BCUT2D eigenvalue weighted by Crippen LogP contribution is 2.36. The standard InChI is InChI=1S/C13H14Cl3NO3S/c1-2-13(4-3-5-13)17-12(18)9-6-8(21(16,19)20)7-10(14)11(9)15/h6-7H,2-5H2,1H3,(H,17,18). The molecule has 0 atom stereocenters. The summed E-state index contributed by atoms with van der Waals surface area (Å²) in [5.41, 5.74) is -0.217. The van der Waals surface area contributed by atoms with Crippen LogP contribution in [0.2, 0.25) is 10.0 Å². The van der Waals surface area contributed by atoms with Crippen LogP contribution in [0.4, 0.5) is 0 Å². The van der Waals surface area contributed by atoms with Crippen molar-refractivity contribution in [1.82, 2.24) is 5.32 Å². The lowest BCUT2D eigenvalue weighted by Gasteiger charge is -2.42. The molecule has 1 aromatic carbocycles. The lowest BCUT2D eigenvalue weighted by Crippen LogP contribution is -2.53. The summed E-state index contributed by atoms with van der Waals surface area (Å²) in [6, 6.07) is 2.27. The van der Waals surface area contributed by atoms with Crippen molar-refractivity contribution in [3.8, 4) is 0 Å². The molecule has 0 bridgehead atoms. The molecule has 1 aliphatic carbocycles. The zero-order valence-corrected chi connectivity index (χ0v) is 14.3. The second kappa shape index (κ2) is 5.95. The number of rotatable bonds is 4. The van der Waals surface area contributed by atoms with Crippen LogP contribution in [0.5, 0.6) is 0 Å². The first kappa shape index (κ1) is 16.9. The van der Waals surface area contributed by atoms with Gasteiger partial charge in [-0.3, -0.25) is 4.79 Å². The zero-order chi connectivity index (χ0) is 15.8. The topological polar surface area (TPSA) is 63.2 Å². The highest BCUT2D eigenvalue weighted by atomic mass is 35.7. The van der Waals surface area contributed by atoms with E-state index >= 15 is 0 Å². The molecule has 4 nitrogen and oxygen atoms in total. The molecule has 116 valence electrons. The second-order valence-electron chi connectivity index (χ2n) is 5.15. The van der Waals surface area contributed by atoms with Gasteiger partial charge in [0.15, 0.2) is 0 Å². The zero-order valence-electron chi connectivity index (χ0n) is 11.3. The van der Waals surface area contributed by atoms with E-state index in [2.05, 4.69) is 5.32 Å². The van der Waals surface area contributed by atoms with Crippen LogP contribution in [0.3, 0.4) is 0 Å². The van der Waals surface area contributed by atoms with E-state index in [-0.39, 0.29) is 26.0 Å². The lowest BCUT2D eigenvalue weighted by atomic mass is 9.74. The third kappa shape index (κ3) is 3.47. The Morgan fingerprint density at radius 1 is 1.33 bits per heavy atom. The van der Waals surface area contributed by atoms with Gasteiger partial charge in [0.05, 0.1) is 20.5 Å². The minimum atomic E-state index is -3.99. The van der Waals surface area contributed by atoms with Crippen molar-refractivity contribution in [2.75, 3.05) is 0 Å². The number of halogens is 3. The van der Waals surface area contributed by atoms with Gasteiger partial charge in [0.2, 0.25) is 0 Å². The molecule has 1 saturated carbocycles.